The Bertz CT molecular complexity index is 759. The molecule has 1 amide bonds. The molecule has 1 atom stereocenters. The number of amides is 1. The van der Waals surface area contributed by atoms with Crippen LogP contribution in [-0.4, -0.2) is 33.7 Å². The second-order valence-electron chi connectivity index (χ2n) is 5.20. The molecule has 24 heavy (non-hydrogen) atoms. The number of carbonyl (C=O) groups is 1. The van der Waals surface area contributed by atoms with Gasteiger partial charge in [0.15, 0.2) is 0 Å². The van der Waals surface area contributed by atoms with Crippen molar-refractivity contribution in [3.05, 3.63) is 58.0 Å². The van der Waals surface area contributed by atoms with E-state index in [4.69, 9.17) is 0 Å². The summed E-state index contributed by atoms with van der Waals surface area (Å²) < 4.78 is 38.2. The van der Waals surface area contributed by atoms with Gasteiger partial charge in [0.1, 0.15) is 5.82 Å². The molecule has 1 heterocycles. The molecule has 0 fully saturated rings. The Morgan fingerprint density at radius 1 is 1.25 bits per heavy atom. The van der Waals surface area contributed by atoms with Crippen molar-refractivity contribution in [3.8, 4) is 0 Å². The van der Waals surface area contributed by atoms with E-state index in [0.717, 1.165) is 4.88 Å². The summed E-state index contributed by atoms with van der Waals surface area (Å²) in [6.45, 7) is 0.0180. The van der Waals surface area contributed by atoms with E-state index in [2.05, 4.69) is 10.0 Å². The van der Waals surface area contributed by atoms with Gasteiger partial charge in [0.25, 0.3) is 0 Å². The highest BCUT2D eigenvalue weighted by molar-refractivity contribution is 7.89. The number of halogens is 1. The third-order valence-electron chi connectivity index (χ3n) is 3.56. The van der Waals surface area contributed by atoms with Crippen LogP contribution in [-0.2, 0) is 21.2 Å². The van der Waals surface area contributed by atoms with Gasteiger partial charge < -0.3 is 5.32 Å². The summed E-state index contributed by atoms with van der Waals surface area (Å²) in [5, 5.41) is 4.58. The van der Waals surface area contributed by atoms with Crippen LogP contribution < -0.4 is 10.0 Å². The Balaban J connectivity index is 2.09. The summed E-state index contributed by atoms with van der Waals surface area (Å²) in [5.41, 5.74) is 0.693. The molecule has 2 rings (SSSR count). The molecule has 0 saturated heterocycles. The van der Waals surface area contributed by atoms with Crippen molar-refractivity contribution in [1.29, 1.82) is 0 Å². The van der Waals surface area contributed by atoms with Gasteiger partial charge in [0, 0.05) is 11.4 Å². The van der Waals surface area contributed by atoms with E-state index in [0.29, 0.717) is 12.0 Å². The van der Waals surface area contributed by atoms with E-state index in [1.54, 1.807) is 12.1 Å². The second-order valence-corrected chi connectivity index (χ2v) is 8.28. The Morgan fingerprint density at radius 3 is 2.54 bits per heavy atom. The lowest BCUT2D eigenvalue weighted by Crippen LogP contribution is -2.36. The molecule has 5 nitrogen and oxygen atoms in total. The third-order valence-corrected chi connectivity index (χ3v) is 5.82. The van der Waals surface area contributed by atoms with Gasteiger partial charge in [-0.2, -0.15) is 0 Å². The molecule has 2 N–H and O–H groups in total. The largest absolute Gasteiger partial charge is 0.354 e. The standard InChI is InChI=1S/C16H19FN2O3S2/c1-18-24(21,22)10-8-19-16(20)15(11-14-3-2-9-23-14)12-4-6-13(17)7-5-12/h2-7,9,15,18H,8,10-11H2,1H3,(H,19,20). The predicted octanol–water partition coefficient (Wildman–Crippen LogP) is 1.88. The average Bonchev–Trinajstić information content (AvgIpc) is 3.06. The van der Waals surface area contributed by atoms with E-state index in [1.807, 2.05) is 17.5 Å². The van der Waals surface area contributed by atoms with Crippen molar-refractivity contribution in [2.45, 2.75) is 12.3 Å². The molecule has 0 aliphatic carbocycles. The molecule has 0 aliphatic rings. The molecular weight excluding hydrogens is 351 g/mol. The SMILES string of the molecule is CNS(=O)(=O)CCNC(=O)C(Cc1cccs1)c1ccc(F)cc1. The topological polar surface area (TPSA) is 75.3 Å². The minimum absolute atomic E-state index is 0.0180. The molecule has 130 valence electrons. The average molecular weight is 370 g/mol. The Morgan fingerprint density at radius 2 is 1.96 bits per heavy atom. The molecular formula is C16H19FN2O3S2. The van der Waals surface area contributed by atoms with Crippen LogP contribution >= 0.6 is 11.3 Å². The molecule has 2 aromatic rings. The number of rotatable bonds is 8. The summed E-state index contributed by atoms with van der Waals surface area (Å²) in [6.07, 6.45) is 0.480. The molecule has 0 saturated carbocycles. The minimum Gasteiger partial charge on any atom is -0.354 e. The second kappa shape index (κ2) is 8.36. The summed E-state index contributed by atoms with van der Waals surface area (Å²) in [7, 11) is -2.04. The van der Waals surface area contributed by atoms with Crippen LogP contribution in [0.4, 0.5) is 4.39 Å². The Labute approximate surface area is 145 Å². The van der Waals surface area contributed by atoms with Gasteiger partial charge in [-0.1, -0.05) is 18.2 Å². The maximum Gasteiger partial charge on any atom is 0.227 e. The molecule has 1 aromatic carbocycles. The summed E-state index contributed by atoms with van der Waals surface area (Å²) >= 11 is 1.54. The van der Waals surface area contributed by atoms with Crippen molar-refractivity contribution in [2.24, 2.45) is 0 Å². The first-order chi connectivity index (χ1) is 11.4. The van der Waals surface area contributed by atoms with Crippen molar-refractivity contribution in [3.63, 3.8) is 0 Å². The number of sulfonamides is 1. The molecule has 0 aliphatic heterocycles. The Hall–Kier alpha value is -1.77. The quantitative estimate of drug-likeness (QED) is 0.745. The smallest absolute Gasteiger partial charge is 0.227 e. The third kappa shape index (κ3) is 5.40. The summed E-state index contributed by atoms with van der Waals surface area (Å²) in [4.78, 5) is 13.5. The maximum absolute atomic E-state index is 13.1. The first kappa shape index (κ1) is 18.6. The molecule has 8 heteroatoms. The normalized spacial score (nSPS) is 12.8. The molecule has 0 radical (unpaired) electrons. The number of benzene rings is 1. The number of hydrogen-bond donors (Lipinski definition) is 2. The highest BCUT2D eigenvalue weighted by Crippen LogP contribution is 2.24. The number of carbonyl (C=O) groups excluding carboxylic acids is 1. The van der Waals surface area contributed by atoms with Crippen molar-refractivity contribution in [2.75, 3.05) is 19.3 Å². The maximum atomic E-state index is 13.1. The van der Waals surface area contributed by atoms with Crippen LogP contribution in [0.5, 0.6) is 0 Å². The van der Waals surface area contributed by atoms with Gasteiger partial charge in [0.2, 0.25) is 15.9 Å². The highest BCUT2D eigenvalue weighted by atomic mass is 32.2. The zero-order chi connectivity index (χ0) is 17.6. The predicted molar refractivity (Wildman–Crippen MR) is 93.0 cm³/mol. The van der Waals surface area contributed by atoms with Gasteiger partial charge in [-0.15, -0.1) is 11.3 Å². The van der Waals surface area contributed by atoms with E-state index in [1.165, 1.54) is 30.5 Å². The van der Waals surface area contributed by atoms with Crippen LogP contribution in [0, 0.1) is 5.82 Å². The molecule has 0 spiro atoms. The first-order valence-electron chi connectivity index (χ1n) is 7.38. The fraction of sp³-hybridized carbons (Fsp3) is 0.312. The van der Waals surface area contributed by atoms with Crippen molar-refractivity contribution in [1.82, 2.24) is 10.0 Å². The van der Waals surface area contributed by atoms with Gasteiger partial charge in [-0.05, 0) is 42.6 Å². The van der Waals surface area contributed by atoms with E-state index in [9.17, 15) is 17.6 Å². The monoisotopic (exact) mass is 370 g/mol. The van der Waals surface area contributed by atoms with Gasteiger partial charge >= 0.3 is 0 Å². The van der Waals surface area contributed by atoms with Crippen LogP contribution in [0.3, 0.4) is 0 Å². The molecule has 0 bridgehead atoms. The van der Waals surface area contributed by atoms with Gasteiger partial charge in [-0.3, -0.25) is 4.79 Å². The van der Waals surface area contributed by atoms with Gasteiger partial charge in [0.05, 0.1) is 11.7 Å². The highest BCUT2D eigenvalue weighted by Gasteiger charge is 2.22. The van der Waals surface area contributed by atoms with E-state index >= 15 is 0 Å². The van der Waals surface area contributed by atoms with Crippen LogP contribution in [0.25, 0.3) is 0 Å². The molecule has 1 aromatic heterocycles. The minimum atomic E-state index is -3.37. The molecule has 1 unspecified atom stereocenters. The van der Waals surface area contributed by atoms with Gasteiger partial charge in [-0.25, -0.2) is 17.5 Å². The lowest BCUT2D eigenvalue weighted by Gasteiger charge is -2.17. The zero-order valence-electron chi connectivity index (χ0n) is 13.2. The summed E-state index contributed by atoms with van der Waals surface area (Å²) in [6, 6.07) is 9.62. The number of nitrogens with one attached hydrogen (secondary N) is 2. The summed E-state index contributed by atoms with van der Waals surface area (Å²) in [5.74, 6) is -1.33. The van der Waals surface area contributed by atoms with Crippen LogP contribution in [0.1, 0.15) is 16.4 Å². The van der Waals surface area contributed by atoms with E-state index < -0.39 is 15.9 Å². The zero-order valence-corrected chi connectivity index (χ0v) is 14.8. The Kier molecular flexibility index (Phi) is 6.47. The fourth-order valence-corrected chi connectivity index (χ4v) is 3.55. The van der Waals surface area contributed by atoms with E-state index in [-0.39, 0.29) is 24.0 Å². The first-order valence-corrected chi connectivity index (χ1v) is 9.91. The lowest BCUT2D eigenvalue weighted by atomic mass is 9.94. The number of thiophene rings is 1. The lowest BCUT2D eigenvalue weighted by molar-refractivity contribution is -0.122. The number of hydrogen-bond acceptors (Lipinski definition) is 4. The van der Waals surface area contributed by atoms with Crippen molar-refractivity contribution < 1.29 is 17.6 Å². The van der Waals surface area contributed by atoms with Crippen LogP contribution in [0.2, 0.25) is 0 Å². The van der Waals surface area contributed by atoms with Crippen molar-refractivity contribution >= 4 is 27.3 Å². The van der Waals surface area contributed by atoms with Crippen LogP contribution in [0.15, 0.2) is 41.8 Å². The fourth-order valence-electron chi connectivity index (χ4n) is 2.22.